The predicted molar refractivity (Wildman–Crippen MR) is 110 cm³/mol. The normalized spacial score (nSPS) is 23.4. The Labute approximate surface area is 188 Å². The second kappa shape index (κ2) is 9.80. The lowest BCUT2D eigenvalue weighted by Gasteiger charge is -2.33. The summed E-state index contributed by atoms with van der Waals surface area (Å²) >= 11 is 0. The highest BCUT2D eigenvalue weighted by atomic mass is 19.4. The summed E-state index contributed by atoms with van der Waals surface area (Å²) in [5.74, 6) is -1.80. The van der Waals surface area contributed by atoms with Crippen LogP contribution in [-0.4, -0.2) is 52.2 Å². The van der Waals surface area contributed by atoms with E-state index in [1.54, 1.807) is 17.0 Å². The number of ether oxygens (including phenoxy) is 1. The number of hydrogen-bond donors (Lipinski definition) is 1. The minimum absolute atomic E-state index is 0.00537. The third-order valence-electron chi connectivity index (χ3n) is 6.30. The molecule has 1 aliphatic heterocycles. The highest BCUT2D eigenvalue weighted by Crippen LogP contribution is 2.40. The minimum Gasteiger partial charge on any atom is -0.489 e. The molecule has 0 unspecified atom stereocenters. The summed E-state index contributed by atoms with van der Waals surface area (Å²) in [6, 6.07) is 4.54. The van der Waals surface area contributed by atoms with Crippen molar-refractivity contribution < 1.29 is 32.0 Å². The van der Waals surface area contributed by atoms with E-state index in [0.29, 0.717) is 6.54 Å². The summed E-state index contributed by atoms with van der Waals surface area (Å²) in [7, 11) is 0. The molecule has 1 saturated heterocycles. The molecule has 2 aromatic heterocycles. The van der Waals surface area contributed by atoms with Crippen LogP contribution in [-0.2, 0) is 4.79 Å². The van der Waals surface area contributed by atoms with Gasteiger partial charge in [-0.15, -0.1) is 0 Å². The SMILES string of the molecule is O=C(Nc1ccon1)c1ncccc1OC[C@H]1CCCN1C(=O)[C@H]1CC[C@H](C(F)(F)F)CC1. The molecule has 1 saturated carbocycles. The van der Waals surface area contributed by atoms with E-state index in [1.165, 1.54) is 18.5 Å². The van der Waals surface area contributed by atoms with E-state index in [-0.39, 0.29) is 67.4 Å². The first-order valence-electron chi connectivity index (χ1n) is 11.0. The third kappa shape index (κ3) is 5.45. The number of carbonyl (C=O) groups excluding carboxylic acids is 2. The van der Waals surface area contributed by atoms with Crippen molar-refractivity contribution in [1.29, 1.82) is 0 Å². The van der Waals surface area contributed by atoms with E-state index in [9.17, 15) is 22.8 Å². The first-order valence-corrected chi connectivity index (χ1v) is 11.0. The van der Waals surface area contributed by atoms with E-state index in [4.69, 9.17) is 9.26 Å². The fourth-order valence-electron chi connectivity index (χ4n) is 4.52. The molecule has 2 amide bonds. The van der Waals surface area contributed by atoms with E-state index in [0.717, 1.165) is 12.8 Å². The minimum atomic E-state index is -4.20. The van der Waals surface area contributed by atoms with Crippen LogP contribution in [0.2, 0.25) is 0 Å². The Morgan fingerprint density at radius 1 is 1.18 bits per heavy atom. The zero-order chi connectivity index (χ0) is 23.4. The summed E-state index contributed by atoms with van der Waals surface area (Å²) < 4.78 is 49.4. The van der Waals surface area contributed by atoms with Gasteiger partial charge in [0.05, 0.1) is 12.0 Å². The molecule has 0 aromatic carbocycles. The smallest absolute Gasteiger partial charge is 0.391 e. The molecule has 1 N–H and O–H groups in total. The molecule has 4 rings (SSSR count). The summed E-state index contributed by atoms with van der Waals surface area (Å²) in [5, 5.41) is 6.19. The summed E-state index contributed by atoms with van der Waals surface area (Å²) in [4.78, 5) is 31.4. The highest BCUT2D eigenvalue weighted by Gasteiger charge is 2.44. The summed E-state index contributed by atoms with van der Waals surface area (Å²) in [5.41, 5.74) is 0.0712. The zero-order valence-corrected chi connectivity index (χ0v) is 17.9. The summed E-state index contributed by atoms with van der Waals surface area (Å²) in [6.45, 7) is 0.720. The van der Waals surface area contributed by atoms with Crippen molar-refractivity contribution in [2.75, 3.05) is 18.5 Å². The Morgan fingerprint density at radius 2 is 1.97 bits per heavy atom. The predicted octanol–water partition coefficient (Wildman–Crippen LogP) is 4.06. The molecule has 0 spiro atoms. The standard InChI is InChI=1S/C22H25F3N4O4/c23-22(24,25)15-7-5-14(6-8-15)21(31)29-11-2-3-16(29)13-32-17-4-1-10-26-19(17)20(30)27-18-9-12-33-28-18/h1,4,9-10,12,14-16H,2-3,5-8,11,13H2,(H,27,28,30)/t14-,15-,16-/m1/s1. The van der Waals surface area contributed by atoms with Crippen molar-refractivity contribution in [3.05, 3.63) is 36.4 Å². The lowest BCUT2D eigenvalue weighted by Crippen LogP contribution is -2.44. The Bertz CT molecular complexity index is 959. The second-order valence-corrected chi connectivity index (χ2v) is 8.42. The van der Waals surface area contributed by atoms with Crippen LogP contribution in [0.25, 0.3) is 0 Å². The van der Waals surface area contributed by atoms with Crippen LogP contribution in [0.15, 0.2) is 35.2 Å². The number of rotatable bonds is 6. The third-order valence-corrected chi connectivity index (χ3v) is 6.30. The first kappa shape index (κ1) is 23.1. The number of hydrogen-bond acceptors (Lipinski definition) is 6. The van der Waals surface area contributed by atoms with Crippen LogP contribution in [0.4, 0.5) is 19.0 Å². The lowest BCUT2D eigenvalue weighted by molar-refractivity contribution is -0.185. The lowest BCUT2D eigenvalue weighted by atomic mass is 9.81. The van der Waals surface area contributed by atoms with Gasteiger partial charge in [-0.1, -0.05) is 5.16 Å². The topological polar surface area (TPSA) is 97.6 Å². The van der Waals surface area contributed by atoms with Crippen molar-refractivity contribution in [1.82, 2.24) is 15.0 Å². The molecule has 178 valence electrons. The van der Waals surface area contributed by atoms with Crippen molar-refractivity contribution >= 4 is 17.6 Å². The van der Waals surface area contributed by atoms with Crippen molar-refractivity contribution in [3.63, 3.8) is 0 Å². The molecular weight excluding hydrogens is 441 g/mol. The number of aromatic nitrogens is 2. The quantitative estimate of drug-likeness (QED) is 0.690. The molecular formula is C22H25F3N4O4. The molecule has 2 aliphatic rings. The van der Waals surface area contributed by atoms with Gasteiger partial charge in [0.2, 0.25) is 5.91 Å². The van der Waals surface area contributed by atoms with Gasteiger partial charge in [-0.25, -0.2) is 4.98 Å². The fourth-order valence-corrected chi connectivity index (χ4v) is 4.52. The van der Waals surface area contributed by atoms with E-state index < -0.39 is 18.0 Å². The monoisotopic (exact) mass is 466 g/mol. The summed E-state index contributed by atoms with van der Waals surface area (Å²) in [6.07, 6.45) is 0.612. The maximum absolute atomic E-state index is 13.0. The number of amides is 2. The number of carbonyl (C=O) groups is 2. The van der Waals surface area contributed by atoms with Gasteiger partial charge in [0.15, 0.2) is 17.3 Å². The van der Waals surface area contributed by atoms with Crippen LogP contribution in [0, 0.1) is 11.8 Å². The van der Waals surface area contributed by atoms with Crippen molar-refractivity contribution in [2.24, 2.45) is 11.8 Å². The van der Waals surface area contributed by atoms with E-state index in [1.807, 2.05) is 0 Å². The Morgan fingerprint density at radius 3 is 2.67 bits per heavy atom. The van der Waals surface area contributed by atoms with Crippen molar-refractivity contribution in [3.8, 4) is 5.75 Å². The van der Waals surface area contributed by atoms with Gasteiger partial charge < -0.3 is 19.5 Å². The van der Waals surface area contributed by atoms with Crippen molar-refractivity contribution in [2.45, 2.75) is 50.7 Å². The van der Waals surface area contributed by atoms with Gasteiger partial charge >= 0.3 is 6.18 Å². The number of nitrogens with one attached hydrogen (secondary N) is 1. The molecule has 11 heteroatoms. The number of nitrogens with zero attached hydrogens (tertiary/aromatic N) is 3. The zero-order valence-electron chi connectivity index (χ0n) is 17.9. The van der Waals surface area contributed by atoms with Gasteiger partial charge in [-0.2, -0.15) is 13.2 Å². The Hall–Kier alpha value is -3.11. The molecule has 8 nitrogen and oxygen atoms in total. The molecule has 0 bridgehead atoms. The molecule has 1 atom stereocenters. The van der Waals surface area contributed by atoms with Crippen LogP contribution < -0.4 is 10.1 Å². The fraction of sp³-hybridized carbons (Fsp3) is 0.545. The molecule has 3 heterocycles. The van der Waals surface area contributed by atoms with Gasteiger partial charge in [-0.3, -0.25) is 9.59 Å². The van der Waals surface area contributed by atoms with Gasteiger partial charge in [0, 0.05) is 24.7 Å². The molecule has 2 fully saturated rings. The second-order valence-electron chi connectivity index (χ2n) is 8.42. The van der Waals surface area contributed by atoms with E-state index >= 15 is 0 Å². The van der Waals surface area contributed by atoms with Crippen LogP contribution in [0.5, 0.6) is 5.75 Å². The number of pyridine rings is 1. The van der Waals surface area contributed by atoms with Crippen LogP contribution in [0.1, 0.15) is 49.0 Å². The molecule has 0 radical (unpaired) electrons. The maximum atomic E-state index is 13.0. The average molecular weight is 466 g/mol. The van der Waals surface area contributed by atoms with Crippen LogP contribution >= 0.6 is 0 Å². The van der Waals surface area contributed by atoms with Gasteiger partial charge in [-0.05, 0) is 50.7 Å². The Balaban J connectivity index is 1.35. The van der Waals surface area contributed by atoms with E-state index in [2.05, 4.69) is 15.5 Å². The largest absolute Gasteiger partial charge is 0.489 e. The first-order chi connectivity index (χ1) is 15.8. The number of anilines is 1. The molecule has 1 aliphatic carbocycles. The number of alkyl halides is 3. The molecule has 33 heavy (non-hydrogen) atoms. The number of halogens is 3. The maximum Gasteiger partial charge on any atom is 0.391 e. The highest BCUT2D eigenvalue weighted by molar-refractivity contribution is 6.04. The average Bonchev–Trinajstić information content (AvgIpc) is 3.49. The Kier molecular flexibility index (Phi) is 6.85. The molecule has 2 aromatic rings. The van der Waals surface area contributed by atoms with Gasteiger partial charge in [0.25, 0.3) is 5.91 Å². The van der Waals surface area contributed by atoms with Gasteiger partial charge in [0.1, 0.15) is 12.9 Å². The number of likely N-dealkylation sites (tertiary alicyclic amines) is 1. The van der Waals surface area contributed by atoms with Crippen LogP contribution in [0.3, 0.4) is 0 Å².